The quantitative estimate of drug-likeness (QED) is 0.832. The van der Waals surface area contributed by atoms with Crippen molar-refractivity contribution < 1.29 is 13.9 Å². The number of rotatable bonds is 5. The van der Waals surface area contributed by atoms with E-state index in [0.29, 0.717) is 18.2 Å². The molecule has 0 aromatic heterocycles. The number of likely N-dealkylation sites (tertiary alicyclic amines) is 1. The van der Waals surface area contributed by atoms with Gasteiger partial charge in [0, 0.05) is 13.1 Å². The van der Waals surface area contributed by atoms with Crippen molar-refractivity contribution in [2.24, 2.45) is 0 Å². The molecule has 0 saturated carbocycles. The van der Waals surface area contributed by atoms with Crippen LogP contribution in [0.1, 0.15) is 24.8 Å². The fraction of sp³-hybridized carbons (Fsp3) is 0.533. The van der Waals surface area contributed by atoms with Crippen molar-refractivity contribution in [3.8, 4) is 0 Å². The molecule has 1 aliphatic rings. The van der Waals surface area contributed by atoms with Gasteiger partial charge >= 0.3 is 5.25 Å². The van der Waals surface area contributed by atoms with Crippen molar-refractivity contribution >= 4 is 28.3 Å². The van der Waals surface area contributed by atoms with Gasteiger partial charge in [-0.25, -0.2) is 0 Å². The summed E-state index contributed by atoms with van der Waals surface area (Å²) in [7, 11) is 0. The van der Waals surface area contributed by atoms with Crippen LogP contribution in [0, 0.1) is 0 Å². The van der Waals surface area contributed by atoms with Crippen LogP contribution < -0.4 is 0 Å². The van der Waals surface area contributed by atoms with Crippen molar-refractivity contribution in [2.75, 3.05) is 13.1 Å². The number of hydrogen-bond acceptors (Lipinski definition) is 3. The predicted molar refractivity (Wildman–Crippen MR) is 86.7 cm³/mol. The van der Waals surface area contributed by atoms with Crippen LogP contribution in [0.5, 0.6) is 0 Å². The van der Waals surface area contributed by atoms with E-state index in [2.05, 4.69) is 0 Å². The molecule has 1 N–H and O–H groups in total. The predicted octanol–water partition coefficient (Wildman–Crippen LogP) is 3.69. The van der Waals surface area contributed by atoms with Gasteiger partial charge in [0.15, 0.2) is 0 Å². The minimum absolute atomic E-state index is 0.0205. The van der Waals surface area contributed by atoms with E-state index >= 15 is 0 Å². The third kappa shape index (κ3) is 4.90. The fourth-order valence-corrected chi connectivity index (χ4v) is 3.58. The van der Waals surface area contributed by atoms with Gasteiger partial charge in [-0.3, -0.25) is 0 Å². The number of nitrogens with zero attached hydrogens (tertiary/aromatic N) is 1. The number of aliphatic hydroxyl groups excluding tert-OH is 1. The third-order valence-electron chi connectivity index (χ3n) is 3.52. The standard InChI is InChI=1S/C15H19F2NOS2/c16-15(17,21-14(20)18-10-4-5-11-18)13(19)9-8-12-6-2-1-3-7-12/h1-3,6-7,13,19H,4-5,8-11H2. The largest absolute Gasteiger partial charge is 0.386 e. The SMILES string of the molecule is OC(CCc1ccccc1)C(F)(F)SC(=S)N1CCCC1. The van der Waals surface area contributed by atoms with Crippen LogP contribution in [-0.4, -0.2) is 38.8 Å². The molecule has 1 aromatic carbocycles. The highest BCUT2D eigenvalue weighted by Crippen LogP contribution is 2.37. The molecule has 0 spiro atoms. The maximum absolute atomic E-state index is 14.0. The molecule has 1 fully saturated rings. The average Bonchev–Trinajstić information content (AvgIpc) is 2.99. The normalized spacial score (nSPS) is 17.0. The van der Waals surface area contributed by atoms with Gasteiger partial charge in [-0.15, -0.1) is 0 Å². The Balaban J connectivity index is 1.84. The molecule has 1 aliphatic heterocycles. The number of halogens is 2. The van der Waals surface area contributed by atoms with Crippen molar-refractivity contribution in [3.05, 3.63) is 35.9 Å². The topological polar surface area (TPSA) is 23.5 Å². The van der Waals surface area contributed by atoms with Gasteiger partial charge in [0.25, 0.3) is 0 Å². The van der Waals surface area contributed by atoms with Crippen LogP contribution in [-0.2, 0) is 6.42 Å². The van der Waals surface area contributed by atoms with Crippen LogP contribution in [0.3, 0.4) is 0 Å². The Hall–Kier alpha value is -0.720. The first-order valence-corrected chi connectivity index (χ1v) is 8.29. The average molecular weight is 331 g/mol. The second kappa shape index (κ2) is 7.51. The number of thioether (sulfide) groups is 1. The zero-order valence-corrected chi connectivity index (χ0v) is 13.3. The summed E-state index contributed by atoms with van der Waals surface area (Å²) in [6, 6.07) is 9.33. The summed E-state index contributed by atoms with van der Waals surface area (Å²) in [6.45, 7) is 1.48. The molecule has 1 saturated heterocycles. The lowest BCUT2D eigenvalue weighted by atomic mass is 10.1. The molecule has 1 aromatic rings. The molecule has 0 aliphatic carbocycles. The minimum atomic E-state index is -3.24. The van der Waals surface area contributed by atoms with Crippen LogP contribution in [0.15, 0.2) is 30.3 Å². The second-order valence-electron chi connectivity index (χ2n) is 5.16. The van der Waals surface area contributed by atoms with Gasteiger partial charge in [-0.05, 0) is 43.0 Å². The smallest absolute Gasteiger partial charge is 0.325 e. The van der Waals surface area contributed by atoms with Crippen molar-refractivity contribution in [1.29, 1.82) is 0 Å². The first-order chi connectivity index (χ1) is 9.99. The monoisotopic (exact) mass is 331 g/mol. The highest BCUT2D eigenvalue weighted by atomic mass is 32.2. The Morgan fingerprint density at radius 1 is 1.29 bits per heavy atom. The van der Waals surface area contributed by atoms with Gasteiger partial charge < -0.3 is 10.0 Å². The van der Waals surface area contributed by atoms with E-state index in [1.165, 1.54) is 0 Å². The van der Waals surface area contributed by atoms with E-state index in [4.69, 9.17) is 12.2 Å². The Morgan fingerprint density at radius 2 is 1.90 bits per heavy atom. The molecule has 0 radical (unpaired) electrons. The zero-order chi connectivity index (χ0) is 15.3. The van der Waals surface area contributed by atoms with Crippen molar-refractivity contribution in [2.45, 2.75) is 37.0 Å². The lowest BCUT2D eigenvalue weighted by Gasteiger charge is -2.25. The highest BCUT2D eigenvalue weighted by Gasteiger charge is 2.41. The number of benzene rings is 1. The highest BCUT2D eigenvalue weighted by molar-refractivity contribution is 8.23. The maximum atomic E-state index is 14.0. The molecule has 0 amide bonds. The van der Waals surface area contributed by atoms with Gasteiger partial charge in [0.05, 0.1) is 0 Å². The van der Waals surface area contributed by atoms with Crippen molar-refractivity contribution in [1.82, 2.24) is 4.90 Å². The van der Waals surface area contributed by atoms with E-state index < -0.39 is 11.4 Å². The lowest BCUT2D eigenvalue weighted by molar-refractivity contribution is -0.0365. The van der Waals surface area contributed by atoms with Crippen LogP contribution in [0.25, 0.3) is 0 Å². The van der Waals surface area contributed by atoms with Gasteiger partial charge in [0.1, 0.15) is 10.4 Å². The maximum Gasteiger partial charge on any atom is 0.325 e. The number of alkyl halides is 2. The Bertz CT molecular complexity index is 464. The summed E-state index contributed by atoms with van der Waals surface area (Å²) in [5.74, 6) is 0. The van der Waals surface area contributed by atoms with E-state index in [0.717, 1.165) is 31.5 Å². The molecule has 0 bridgehead atoms. The Labute approximate surface area is 133 Å². The van der Waals surface area contributed by atoms with Crippen molar-refractivity contribution in [3.63, 3.8) is 0 Å². The van der Waals surface area contributed by atoms with Gasteiger partial charge in [-0.1, -0.05) is 42.5 Å². The molecular weight excluding hydrogens is 312 g/mol. The Kier molecular flexibility index (Phi) is 5.96. The molecule has 21 heavy (non-hydrogen) atoms. The number of hydrogen-bond donors (Lipinski definition) is 1. The number of thiocarbonyl (C=S) groups is 1. The third-order valence-corrected chi connectivity index (χ3v) is 5.01. The molecule has 1 atom stereocenters. The summed E-state index contributed by atoms with van der Waals surface area (Å²) < 4.78 is 28.2. The number of aliphatic hydroxyl groups is 1. The van der Waals surface area contributed by atoms with Crippen LogP contribution in [0.4, 0.5) is 8.78 Å². The summed E-state index contributed by atoms with van der Waals surface area (Å²) in [5.41, 5.74) is 0.944. The first kappa shape index (κ1) is 16.6. The van der Waals surface area contributed by atoms with E-state index in [1.807, 2.05) is 30.3 Å². The molecule has 2 nitrogen and oxygen atoms in total. The van der Waals surface area contributed by atoms with Gasteiger partial charge in [-0.2, -0.15) is 8.78 Å². The van der Waals surface area contributed by atoms with Crippen LogP contribution >= 0.6 is 24.0 Å². The number of aryl methyl sites for hydroxylation is 1. The van der Waals surface area contributed by atoms with Crippen LogP contribution in [0.2, 0.25) is 0 Å². The summed E-state index contributed by atoms with van der Waals surface area (Å²) >= 11 is 5.37. The molecule has 1 unspecified atom stereocenters. The second-order valence-corrected chi connectivity index (χ2v) is 6.94. The summed E-state index contributed by atoms with van der Waals surface area (Å²) in [5, 5.41) is 6.54. The van der Waals surface area contributed by atoms with E-state index in [-0.39, 0.29) is 10.7 Å². The Morgan fingerprint density at radius 3 is 2.52 bits per heavy atom. The molecule has 116 valence electrons. The summed E-state index contributed by atoms with van der Waals surface area (Å²) in [6.07, 6.45) is 0.732. The van der Waals surface area contributed by atoms with E-state index in [9.17, 15) is 13.9 Å². The van der Waals surface area contributed by atoms with Gasteiger partial charge in [0.2, 0.25) is 0 Å². The fourth-order valence-electron chi connectivity index (χ4n) is 2.26. The lowest BCUT2D eigenvalue weighted by Crippen LogP contribution is -2.35. The summed E-state index contributed by atoms with van der Waals surface area (Å²) in [4.78, 5) is 1.79. The zero-order valence-electron chi connectivity index (χ0n) is 11.7. The molecule has 6 heteroatoms. The molecular formula is C15H19F2NOS2. The van der Waals surface area contributed by atoms with E-state index in [1.54, 1.807) is 4.90 Å². The first-order valence-electron chi connectivity index (χ1n) is 7.07. The molecule has 1 heterocycles. The minimum Gasteiger partial charge on any atom is -0.386 e. The molecule has 2 rings (SSSR count).